The normalized spacial score (nSPS) is 13.4. The van der Waals surface area contributed by atoms with E-state index in [1.54, 1.807) is 20.8 Å². The van der Waals surface area contributed by atoms with Crippen molar-refractivity contribution in [2.45, 2.75) is 84.2 Å². The average molecular weight is 565 g/mol. The van der Waals surface area contributed by atoms with Gasteiger partial charge in [0.25, 0.3) is 0 Å². The van der Waals surface area contributed by atoms with Crippen LogP contribution in [0, 0.1) is 5.92 Å². The van der Waals surface area contributed by atoms with Crippen LogP contribution in [0.2, 0.25) is 0 Å². The van der Waals surface area contributed by atoms with Crippen molar-refractivity contribution in [2.24, 2.45) is 22.4 Å². The maximum atomic E-state index is 13.3. The van der Waals surface area contributed by atoms with Crippen LogP contribution >= 0.6 is 0 Å². The minimum Gasteiger partial charge on any atom is -0.459 e. The molecule has 1 rings (SSSR count). The van der Waals surface area contributed by atoms with Crippen molar-refractivity contribution in [2.75, 3.05) is 13.2 Å². The molecule has 8 N–H and O–H groups in total. The number of aliphatic hydroxyl groups is 1. The molecule has 3 amide bonds. The lowest BCUT2D eigenvalue weighted by molar-refractivity contribution is -0.150. The van der Waals surface area contributed by atoms with E-state index in [9.17, 15) is 24.3 Å². The Balaban J connectivity index is 2.99. The van der Waals surface area contributed by atoms with Crippen LogP contribution in [-0.2, 0) is 30.5 Å². The third-order valence-corrected chi connectivity index (χ3v) is 5.30. The van der Waals surface area contributed by atoms with Gasteiger partial charge in [-0.15, -0.1) is 0 Å². The van der Waals surface area contributed by atoms with Gasteiger partial charge in [0.1, 0.15) is 30.3 Å². The smallest absolute Gasteiger partial charge is 0.408 e. The van der Waals surface area contributed by atoms with Gasteiger partial charge in [0.15, 0.2) is 5.96 Å². The Labute approximate surface area is 235 Å². The fourth-order valence-corrected chi connectivity index (χ4v) is 3.48. The molecule has 0 fully saturated rings. The zero-order valence-corrected chi connectivity index (χ0v) is 23.9. The fourth-order valence-electron chi connectivity index (χ4n) is 3.48. The second kappa shape index (κ2) is 17.0. The van der Waals surface area contributed by atoms with Crippen LogP contribution in [0.5, 0.6) is 0 Å². The SMILES string of the molecule is CC(C)C[C@H](NC(=O)[C@H](CCCN=C(N)N)NC(=O)[C@H](CO)NC(=O)OC(C)(C)C)C(=O)OCc1ccccc1. The zero-order valence-electron chi connectivity index (χ0n) is 23.9. The van der Waals surface area contributed by atoms with Crippen molar-refractivity contribution < 1.29 is 33.8 Å². The van der Waals surface area contributed by atoms with Gasteiger partial charge in [-0.2, -0.15) is 0 Å². The number of nitrogens with one attached hydrogen (secondary N) is 3. The lowest BCUT2D eigenvalue weighted by atomic mass is 10.0. The number of aliphatic imine (C=N–C) groups is 1. The standard InChI is InChI=1S/C27H44N6O7/c1-17(2)14-20(24(37)39-16-18-10-7-6-8-11-18)32-22(35)19(12-9-13-30-25(28)29)31-23(36)21(15-34)33-26(38)40-27(3,4)5/h6-8,10-11,17,19-21,34H,9,12-16H2,1-5H3,(H,31,36)(H,32,35)(H,33,38)(H4,28,29,30)/t19-,20-,21-/m0/s1. The van der Waals surface area contributed by atoms with Crippen molar-refractivity contribution in [3.63, 3.8) is 0 Å². The third-order valence-electron chi connectivity index (χ3n) is 5.30. The highest BCUT2D eigenvalue weighted by Gasteiger charge is 2.31. The van der Waals surface area contributed by atoms with Crippen LogP contribution in [0.3, 0.4) is 0 Å². The Bertz CT molecular complexity index is 991. The summed E-state index contributed by atoms with van der Waals surface area (Å²) in [4.78, 5) is 55.1. The fraction of sp³-hybridized carbons (Fsp3) is 0.593. The van der Waals surface area contributed by atoms with E-state index in [1.807, 2.05) is 44.2 Å². The Morgan fingerprint density at radius 1 is 0.950 bits per heavy atom. The first-order valence-electron chi connectivity index (χ1n) is 13.2. The van der Waals surface area contributed by atoms with Gasteiger partial charge < -0.3 is 42.0 Å². The maximum absolute atomic E-state index is 13.3. The first kappa shape index (κ1) is 34.2. The second-order valence-electron chi connectivity index (χ2n) is 10.7. The number of hydrogen-bond donors (Lipinski definition) is 6. The summed E-state index contributed by atoms with van der Waals surface area (Å²) >= 11 is 0. The number of carbonyl (C=O) groups is 4. The van der Waals surface area contributed by atoms with Gasteiger partial charge in [-0.25, -0.2) is 9.59 Å². The van der Waals surface area contributed by atoms with Crippen LogP contribution in [0.1, 0.15) is 59.4 Å². The number of aliphatic hydroxyl groups excluding tert-OH is 1. The highest BCUT2D eigenvalue weighted by Crippen LogP contribution is 2.11. The highest BCUT2D eigenvalue weighted by atomic mass is 16.6. The second-order valence-corrected chi connectivity index (χ2v) is 10.7. The molecule has 1 aromatic rings. The van der Waals surface area contributed by atoms with Gasteiger partial charge >= 0.3 is 12.1 Å². The number of rotatable bonds is 15. The molecule has 3 atom stereocenters. The van der Waals surface area contributed by atoms with E-state index in [0.29, 0.717) is 12.8 Å². The van der Waals surface area contributed by atoms with Crippen LogP contribution < -0.4 is 27.4 Å². The third kappa shape index (κ3) is 14.3. The average Bonchev–Trinajstić information content (AvgIpc) is 2.86. The van der Waals surface area contributed by atoms with Crippen molar-refractivity contribution in [3.8, 4) is 0 Å². The molecule has 0 aliphatic carbocycles. The predicted molar refractivity (Wildman–Crippen MR) is 150 cm³/mol. The molecule has 0 spiro atoms. The highest BCUT2D eigenvalue weighted by molar-refractivity contribution is 5.93. The lowest BCUT2D eigenvalue weighted by Crippen LogP contribution is -2.57. The molecule has 0 saturated carbocycles. The van der Waals surface area contributed by atoms with Gasteiger partial charge in [-0.05, 0) is 51.5 Å². The predicted octanol–water partition coefficient (Wildman–Crippen LogP) is 0.685. The minimum absolute atomic E-state index is 0.0390. The monoisotopic (exact) mass is 564 g/mol. The summed E-state index contributed by atoms with van der Waals surface area (Å²) in [6.07, 6.45) is -0.194. The molecule has 0 unspecified atom stereocenters. The topological polar surface area (TPSA) is 207 Å². The molecule has 0 heterocycles. The van der Waals surface area contributed by atoms with Gasteiger partial charge in [0, 0.05) is 6.54 Å². The number of carbonyl (C=O) groups excluding carboxylic acids is 4. The number of amides is 3. The van der Waals surface area contributed by atoms with Gasteiger partial charge in [-0.1, -0.05) is 44.2 Å². The molecular weight excluding hydrogens is 520 g/mol. The molecule has 0 aliphatic heterocycles. The molecular formula is C27H44N6O7. The van der Waals surface area contributed by atoms with E-state index < -0.39 is 54.2 Å². The van der Waals surface area contributed by atoms with Gasteiger partial charge in [-0.3, -0.25) is 14.6 Å². The Morgan fingerprint density at radius 3 is 2.10 bits per heavy atom. The molecule has 0 bridgehead atoms. The van der Waals surface area contributed by atoms with E-state index in [1.165, 1.54) is 0 Å². The van der Waals surface area contributed by atoms with E-state index in [0.717, 1.165) is 5.56 Å². The van der Waals surface area contributed by atoms with E-state index in [-0.39, 0.29) is 31.4 Å². The van der Waals surface area contributed by atoms with E-state index in [4.69, 9.17) is 20.9 Å². The molecule has 13 heteroatoms. The molecule has 13 nitrogen and oxygen atoms in total. The van der Waals surface area contributed by atoms with Crippen LogP contribution in [-0.4, -0.2) is 71.8 Å². The van der Waals surface area contributed by atoms with Gasteiger partial charge in [0.2, 0.25) is 11.8 Å². The molecule has 1 aromatic carbocycles. The Morgan fingerprint density at radius 2 is 1.55 bits per heavy atom. The maximum Gasteiger partial charge on any atom is 0.408 e. The number of benzene rings is 1. The molecule has 0 radical (unpaired) electrons. The summed E-state index contributed by atoms with van der Waals surface area (Å²) in [5.74, 6) is -2.15. The number of nitrogens with zero attached hydrogens (tertiary/aromatic N) is 1. The minimum atomic E-state index is -1.38. The number of guanidine groups is 1. The van der Waals surface area contributed by atoms with Crippen molar-refractivity contribution >= 4 is 29.8 Å². The Kier molecular flexibility index (Phi) is 14.5. The summed E-state index contributed by atoms with van der Waals surface area (Å²) in [5.41, 5.74) is 10.7. The first-order chi connectivity index (χ1) is 18.7. The van der Waals surface area contributed by atoms with E-state index in [2.05, 4.69) is 20.9 Å². The Hall–Kier alpha value is -3.87. The number of ether oxygens (including phenoxy) is 2. The quantitative estimate of drug-likeness (QED) is 0.0765. The molecule has 0 aliphatic rings. The summed E-state index contributed by atoms with van der Waals surface area (Å²) < 4.78 is 10.6. The summed E-state index contributed by atoms with van der Waals surface area (Å²) in [6, 6.07) is 5.63. The molecule has 40 heavy (non-hydrogen) atoms. The lowest BCUT2D eigenvalue weighted by Gasteiger charge is -2.26. The molecule has 224 valence electrons. The molecule has 0 saturated heterocycles. The number of alkyl carbamates (subject to hydrolysis) is 1. The van der Waals surface area contributed by atoms with Crippen LogP contribution in [0.15, 0.2) is 35.3 Å². The number of nitrogens with two attached hydrogens (primary N) is 2. The van der Waals surface area contributed by atoms with Crippen LogP contribution in [0.4, 0.5) is 4.79 Å². The summed E-state index contributed by atoms with van der Waals surface area (Å²) in [5, 5.41) is 17.2. The van der Waals surface area contributed by atoms with Crippen molar-refractivity contribution in [1.82, 2.24) is 16.0 Å². The zero-order chi connectivity index (χ0) is 30.3. The largest absolute Gasteiger partial charge is 0.459 e. The van der Waals surface area contributed by atoms with Crippen LogP contribution in [0.25, 0.3) is 0 Å². The first-order valence-corrected chi connectivity index (χ1v) is 13.2. The van der Waals surface area contributed by atoms with E-state index >= 15 is 0 Å². The van der Waals surface area contributed by atoms with Crippen molar-refractivity contribution in [3.05, 3.63) is 35.9 Å². The number of hydrogen-bond acceptors (Lipinski definition) is 8. The van der Waals surface area contributed by atoms with Gasteiger partial charge in [0.05, 0.1) is 6.61 Å². The summed E-state index contributed by atoms with van der Waals surface area (Å²) in [6.45, 7) is 8.23. The number of esters is 1. The van der Waals surface area contributed by atoms with Crippen molar-refractivity contribution in [1.29, 1.82) is 0 Å². The molecule has 0 aromatic heterocycles. The summed E-state index contributed by atoms with van der Waals surface area (Å²) in [7, 11) is 0.